The summed E-state index contributed by atoms with van der Waals surface area (Å²) >= 11 is 0. The quantitative estimate of drug-likeness (QED) is 0.806. The Kier molecular flexibility index (Phi) is 3.57. The average molecular weight is 309 g/mol. The number of nitrogens with zero attached hydrogens (tertiary/aromatic N) is 3. The van der Waals surface area contributed by atoms with Gasteiger partial charge in [-0.15, -0.1) is 0 Å². The Bertz CT molecular complexity index is 862. The SMILES string of the molecule is Oc1nc(NC2CCCCC2)[nH]c1C=c1ccc2c(c1)C=NN=2. The van der Waals surface area contributed by atoms with E-state index in [9.17, 15) is 5.11 Å². The Labute approximate surface area is 133 Å². The van der Waals surface area contributed by atoms with Gasteiger partial charge in [0.2, 0.25) is 11.8 Å². The van der Waals surface area contributed by atoms with Crippen LogP contribution in [0.25, 0.3) is 6.08 Å². The summed E-state index contributed by atoms with van der Waals surface area (Å²) < 4.78 is 0. The summed E-state index contributed by atoms with van der Waals surface area (Å²) in [5.74, 6) is 0.653. The second-order valence-corrected chi connectivity index (χ2v) is 6.11. The number of hydrogen-bond donors (Lipinski definition) is 3. The van der Waals surface area contributed by atoms with Crippen LogP contribution in [-0.4, -0.2) is 27.3 Å². The summed E-state index contributed by atoms with van der Waals surface area (Å²) in [7, 11) is 0. The molecule has 0 bridgehead atoms. The molecule has 1 saturated carbocycles. The summed E-state index contributed by atoms with van der Waals surface area (Å²) in [6, 6.07) is 6.30. The highest BCUT2D eigenvalue weighted by molar-refractivity contribution is 5.80. The number of anilines is 1. The third-order valence-electron chi connectivity index (χ3n) is 4.38. The van der Waals surface area contributed by atoms with Crippen LogP contribution in [0.3, 0.4) is 0 Å². The molecule has 3 N–H and O–H groups in total. The molecular formula is C17H19N5O. The van der Waals surface area contributed by atoms with Gasteiger partial charge in [0.15, 0.2) is 0 Å². The topological polar surface area (TPSA) is 85.7 Å². The van der Waals surface area contributed by atoms with Crippen molar-refractivity contribution < 1.29 is 5.11 Å². The summed E-state index contributed by atoms with van der Waals surface area (Å²) in [5.41, 5.74) is 1.59. The van der Waals surface area contributed by atoms with Gasteiger partial charge in [0.05, 0.1) is 11.6 Å². The van der Waals surface area contributed by atoms with Crippen LogP contribution in [0.4, 0.5) is 5.95 Å². The molecule has 1 fully saturated rings. The van der Waals surface area contributed by atoms with E-state index in [0.717, 1.165) is 29.0 Å². The number of aromatic nitrogens is 2. The minimum atomic E-state index is 0.0159. The van der Waals surface area contributed by atoms with Crippen molar-refractivity contribution >= 4 is 18.2 Å². The number of fused-ring (bicyclic) bond motifs is 1. The van der Waals surface area contributed by atoms with E-state index in [1.807, 2.05) is 24.3 Å². The third-order valence-corrected chi connectivity index (χ3v) is 4.38. The lowest BCUT2D eigenvalue weighted by atomic mass is 9.96. The number of H-pyrrole nitrogens is 1. The first kappa shape index (κ1) is 14.0. The standard InChI is InChI=1S/C17H19N5O/c23-16-15(9-11-6-7-14-12(8-11)10-18-22-14)20-17(21-16)19-13-4-2-1-3-5-13/h6-10,13,23H,1-5H2,(H2,19,20,21). The molecule has 4 rings (SSSR count). The van der Waals surface area contributed by atoms with Crippen molar-refractivity contribution in [2.45, 2.75) is 38.1 Å². The first-order valence-corrected chi connectivity index (χ1v) is 8.06. The maximum absolute atomic E-state index is 10.1. The highest BCUT2D eigenvalue weighted by atomic mass is 16.3. The fourth-order valence-corrected chi connectivity index (χ4v) is 3.16. The number of aromatic hydroxyl groups is 1. The van der Waals surface area contributed by atoms with E-state index in [2.05, 4.69) is 25.5 Å². The Morgan fingerprint density at radius 2 is 2.09 bits per heavy atom. The molecule has 23 heavy (non-hydrogen) atoms. The number of benzene rings is 1. The van der Waals surface area contributed by atoms with Crippen LogP contribution in [0.15, 0.2) is 28.4 Å². The van der Waals surface area contributed by atoms with Crippen LogP contribution < -0.4 is 15.9 Å². The van der Waals surface area contributed by atoms with E-state index >= 15 is 0 Å². The molecule has 1 aliphatic carbocycles. The zero-order chi connectivity index (χ0) is 15.6. The Balaban J connectivity index is 1.58. The molecule has 0 radical (unpaired) electrons. The minimum Gasteiger partial charge on any atom is -0.492 e. The average Bonchev–Trinajstić information content (AvgIpc) is 3.15. The van der Waals surface area contributed by atoms with E-state index in [0.29, 0.717) is 17.7 Å². The van der Waals surface area contributed by atoms with Gasteiger partial charge in [-0.2, -0.15) is 15.2 Å². The maximum Gasteiger partial charge on any atom is 0.238 e. The van der Waals surface area contributed by atoms with Crippen molar-refractivity contribution in [3.05, 3.63) is 40.0 Å². The lowest BCUT2D eigenvalue weighted by Gasteiger charge is -2.22. The highest BCUT2D eigenvalue weighted by Crippen LogP contribution is 2.23. The van der Waals surface area contributed by atoms with Crippen LogP contribution in [0, 0.1) is 0 Å². The van der Waals surface area contributed by atoms with Crippen molar-refractivity contribution in [2.24, 2.45) is 10.2 Å². The fraction of sp³-hybridized carbons (Fsp3) is 0.353. The maximum atomic E-state index is 10.1. The van der Waals surface area contributed by atoms with Crippen LogP contribution in [-0.2, 0) is 0 Å². The van der Waals surface area contributed by atoms with Crippen LogP contribution in [0.1, 0.15) is 43.4 Å². The predicted octanol–water partition coefficient (Wildman–Crippen LogP) is 1.66. The van der Waals surface area contributed by atoms with E-state index < -0.39 is 0 Å². The Hall–Kier alpha value is -2.63. The highest BCUT2D eigenvalue weighted by Gasteiger charge is 2.15. The molecule has 6 nitrogen and oxygen atoms in total. The molecule has 2 aromatic rings. The smallest absolute Gasteiger partial charge is 0.238 e. The normalized spacial score (nSPS) is 18.0. The molecular weight excluding hydrogens is 290 g/mol. The van der Waals surface area contributed by atoms with E-state index in [1.165, 1.54) is 19.3 Å². The first-order valence-electron chi connectivity index (χ1n) is 8.06. The van der Waals surface area contributed by atoms with Crippen molar-refractivity contribution in [3.8, 4) is 5.88 Å². The van der Waals surface area contributed by atoms with Gasteiger partial charge in [-0.05, 0) is 36.3 Å². The number of aromatic amines is 1. The summed E-state index contributed by atoms with van der Waals surface area (Å²) in [6.07, 6.45) is 9.75. The third kappa shape index (κ3) is 2.97. The molecule has 0 amide bonds. The molecule has 1 aliphatic heterocycles. The number of hydrogen-bond acceptors (Lipinski definition) is 5. The van der Waals surface area contributed by atoms with E-state index in [-0.39, 0.29) is 5.88 Å². The zero-order valence-corrected chi connectivity index (χ0v) is 12.8. The second-order valence-electron chi connectivity index (χ2n) is 6.11. The molecule has 0 unspecified atom stereocenters. The largest absolute Gasteiger partial charge is 0.492 e. The van der Waals surface area contributed by atoms with Crippen LogP contribution >= 0.6 is 0 Å². The molecule has 1 aromatic heterocycles. The van der Waals surface area contributed by atoms with Gasteiger partial charge in [-0.1, -0.05) is 25.3 Å². The molecule has 6 heteroatoms. The molecule has 118 valence electrons. The van der Waals surface area contributed by atoms with Gasteiger partial charge in [0, 0.05) is 11.6 Å². The molecule has 0 saturated heterocycles. The number of rotatable bonds is 3. The van der Waals surface area contributed by atoms with E-state index in [4.69, 9.17) is 0 Å². The van der Waals surface area contributed by atoms with Crippen molar-refractivity contribution in [2.75, 3.05) is 5.32 Å². The monoisotopic (exact) mass is 309 g/mol. The predicted molar refractivity (Wildman–Crippen MR) is 89.1 cm³/mol. The van der Waals surface area contributed by atoms with Gasteiger partial charge in [-0.3, -0.25) is 0 Å². The summed E-state index contributed by atoms with van der Waals surface area (Å²) in [6.45, 7) is 0. The first-order chi connectivity index (χ1) is 11.3. The van der Waals surface area contributed by atoms with Gasteiger partial charge >= 0.3 is 0 Å². The summed E-state index contributed by atoms with van der Waals surface area (Å²) in [5, 5.41) is 23.2. The van der Waals surface area contributed by atoms with Gasteiger partial charge in [0.25, 0.3) is 0 Å². The van der Waals surface area contributed by atoms with Crippen molar-refractivity contribution in [1.29, 1.82) is 0 Å². The molecule has 0 atom stereocenters. The lowest BCUT2D eigenvalue weighted by Crippen LogP contribution is -2.22. The Morgan fingerprint density at radius 3 is 2.96 bits per heavy atom. The van der Waals surface area contributed by atoms with Gasteiger partial charge in [0.1, 0.15) is 5.69 Å². The molecule has 2 aliphatic rings. The number of imidazole rings is 1. The molecule has 1 aromatic carbocycles. The van der Waals surface area contributed by atoms with Crippen molar-refractivity contribution in [3.63, 3.8) is 0 Å². The van der Waals surface area contributed by atoms with Crippen LogP contribution in [0.5, 0.6) is 5.88 Å². The molecule has 0 spiro atoms. The second kappa shape index (κ2) is 5.87. The van der Waals surface area contributed by atoms with E-state index in [1.54, 1.807) is 6.21 Å². The van der Waals surface area contributed by atoms with Crippen LogP contribution in [0.2, 0.25) is 0 Å². The zero-order valence-electron chi connectivity index (χ0n) is 12.8. The minimum absolute atomic E-state index is 0.0159. The number of nitrogens with one attached hydrogen (secondary N) is 2. The Morgan fingerprint density at radius 1 is 1.22 bits per heavy atom. The van der Waals surface area contributed by atoms with Gasteiger partial charge in [-0.25, -0.2) is 0 Å². The lowest BCUT2D eigenvalue weighted by molar-refractivity contribution is 0.452. The summed E-state index contributed by atoms with van der Waals surface area (Å²) in [4.78, 5) is 7.35. The molecule has 2 heterocycles. The van der Waals surface area contributed by atoms with Gasteiger partial charge < -0.3 is 15.4 Å². The van der Waals surface area contributed by atoms with Crippen molar-refractivity contribution in [1.82, 2.24) is 9.97 Å². The fourth-order valence-electron chi connectivity index (χ4n) is 3.16.